The van der Waals surface area contributed by atoms with Crippen molar-refractivity contribution < 1.29 is 19.4 Å². The maximum atomic E-state index is 11.4. The molecule has 0 heterocycles. The molecule has 0 aliphatic rings. The Bertz CT molecular complexity index is 361. The van der Waals surface area contributed by atoms with Crippen LogP contribution in [0.25, 0.3) is 0 Å². The van der Waals surface area contributed by atoms with E-state index in [1.165, 1.54) is 0 Å². The Labute approximate surface area is 119 Å². The summed E-state index contributed by atoms with van der Waals surface area (Å²) in [6.45, 7) is 7.59. The first-order chi connectivity index (χ1) is 9.11. The Balaban J connectivity index is 3.85. The van der Waals surface area contributed by atoms with Crippen molar-refractivity contribution in [2.24, 2.45) is 10.7 Å². The molecule has 0 aliphatic heterocycles. The van der Waals surface area contributed by atoms with Gasteiger partial charge in [0.25, 0.3) is 0 Å². The average Bonchev–Trinajstić information content (AvgIpc) is 2.25. The van der Waals surface area contributed by atoms with Crippen LogP contribution in [0.15, 0.2) is 4.99 Å². The van der Waals surface area contributed by atoms with Gasteiger partial charge >= 0.3 is 12.1 Å². The number of amides is 1. The lowest BCUT2D eigenvalue weighted by Crippen LogP contribution is -2.30. The molecule has 116 valence electrons. The maximum Gasteiger partial charge on any atom is 0.435 e. The highest BCUT2D eigenvalue weighted by Crippen LogP contribution is 2.07. The van der Waals surface area contributed by atoms with Crippen molar-refractivity contribution in [3.8, 4) is 0 Å². The van der Waals surface area contributed by atoms with E-state index in [2.05, 4.69) is 10.3 Å². The molecule has 0 saturated heterocycles. The number of nitrogens with zero attached hydrogens (tertiary/aromatic N) is 1. The smallest absolute Gasteiger partial charge is 0.435 e. The lowest BCUT2D eigenvalue weighted by molar-refractivity contribution is -0.138. The Morgan fingerprint density at radius 2 is 1.95 bits per heavy atom. The van der Waals surface area contributed by atoms with Gasteiger partial charge in [-0.1, -0.05) is 0 Å². The summed E-state index contributed by atoms with van der Waals surface area (Å²) in [5.74, 6) is -0.512. The summed E-state index contributed by atoms with van der Waals surface area (Å²) < 4.78 is 5.05. The molecule has 0 aromatic heterocycles. The number of hydrogen-bond donors (Lipinski definition) is 3. The minimum Gasteiger partial charge on any atom is -0.480 e. The van der Waals surface area contributed by atoms with Crippen molar-refractivity contribution in [1.82, 2.24) is 5.32 Å². The summed E-state index contributed by atoms with van der Waals surface area (Å²) in [5.41, 5.74) is 4.82. The largest absolute Gasteiger partial charge is 0.480 e. The third-order valence-electron chi connectivity index (χ3n) is 2.29. The van der Waals surface area contributed by atoms with E-state index in [0.29, 0.717) is 25.2 Å². The van der Waals surface area contributed by atoms with Gasteiger partial charge in [-0.15, -0.1) is 0 Å². The first-order valence-corrected chi connectivity index (χ1v) is 6.62. The number of carbonyl (C=O) groups is 2. The van der Waals surface area contributed by atoms with Crippen LogP contribution in [0.2, 0.25) is 0 Å². The van der Waals surface area contributed by atoms with Crippen molar-refractivity contribution >= 4 is 17.9 Å². The van der Waals surface area contributed by atoms with Gasteiger partial charge in [0, 0.05) is 6.54 Å². The van der Waals surface area contributed by atoms with Gasteiger partial charge in [-0.05, 0) is 47.0 Å². The van der Waals surface area contributed by atoms with Crippen LogP contribution in [0.1, 0.15) is 47.0 Å². The zero-order chi connectivity index (χ0) is 15.8. The van der Waals surface area contributed by atoms with Crippen molar-refractivity contribution in [2.75, 3.05) is 6.54 Å². The van der Waals surface area contributed by atoms with Crippen LogP contribution in [-0.2, 0) is 9.53 Å². The van der Waals surface area contributed by atoms with E-state index < -0.39 is 23.7 Å². The molecule has 0 bridgehead atoms. The number of carbonyl (C=O) groups excluding carboxylic acids is 1. The normalized spacial score (nSPS) is 13.8. The van der Waals surface area contributed by atoms with E-state index in [1.807, 2.05) is 0 Å². The monoisotopic (exact) mass is 287 g/mol. The summed E-state index contributed by atoms with van der Waals surface area (Å²) in [5, 5.41) is 11.6. The molecular formula is C13H25N3O4. The molecule has 7 nitrogen and oxygen atoms in total. The zero-order valence-electron chi connectivity index (χ0n) is 12.6. The molecule has 0 aliphatic carbocycles. The highest BCUT2D eigenvalue weighted by Gasteiger charge is 2.15. The minimum absolute atomic E-state index is 0.430. The number of amidine groups is 1. The Kier molecular flexibility index (Phi) is 7.83. The molecule has 20 heavy (non-hydrogen) atoms. The Morgan fingerprint density at radius 1 is 1.35 bits per heavy atom. The highest BCUT2D eigenvalue weighted by atomic mass is 16.6. The van der Waals surface area contributed by atoms with Crippen LogP contribution in [0.5, 0.6) is 0 Å². The Morgan fingerprint density at radius 3 is 2.45 bits per heavy atom. The number of carboxylic acid groups (broad SMARTS) is 1. The quantitative estimate of drug-likeness (QED) is 0.387. The molecule has 0 aromatic rings. The molecule has 0 rings (SSSR count). The lowest BCUT2D eigenvalue weighted by Gasteiger charge is -2.17. The lowest BCUT2D eigenvalue weighted by atomic mass is 10.1. The maximum absolute atomic E-state index is 11.4. The molecule has 1 amide bonds. The number of aliphatic carboxylic acids is 1. The molecule has 0 spiro atoms. The summed E-state index contributed by atoms with van der Waals surface area (Å²) in [7, 11) is 0. The van der Waals surface area contributed by atoms with Crippen molar-refractivity contribution in [2.45, 2.75) is 58.6 Å². The fraction of sp³-hybridized carbons (Fsp3) is 0.769. The molecule has 0 fully saturated rings. The van der Waals surface area contributed by atoms with E-state index in [1.54, 1.807) is 27.7 Å². The highest BCUT2D eigenvalue weighted by molar-refractivity contribution is 5.90. The van der Waals surface area contributed by atoms with Crippen LogP contribution in [0.3, 0.4) is 0 Å². The van der Waals surface area contributed by atoms with Gasteiger partial charge in [-0.3, -0.25) is 4.79 Å². The van der Waals surface area contributed by atoms with Gasteiger partial charge in [0.15, 0.2) is 0 Å². The van der Waals surface area contributed by atoms with Crippen LogP contribution in [0.4, 0.5) is 4.79 Å². The van der Waals surface area contributed by atoms with Gasteiger partial charge < -0.3 is 20.9 Å². The van der Waals surface area contributed by atoms with Crippen molar-refractivity contribution in [1.29, 1.82) is 0 Å². The van der Waals surface area contributed by atoms with Gasteiger partial charge in [0.2, 0.25) is 0 Å². The second-order valence-electron chi connectivity index (χ2n) is 5.54. The summed E-state index contributed by atoms with van der Waals surface area (Å²) >= 11 is 0. The van der Waals surface area contributed by atoms with Gasteiger partial charge in [-0.25, -0.2) is 4.79 Å². The van der Waals surface area contributed by atoms with Gasteiger partial charge in [0.1, 0.15) is 17.5 Å². The number of nitrogens with one attached hydrogen (secondary N) is 1. The van der Waals surface area contributed by atoms with Crippen molar-refractivity contribution in [3.63, 3.8) is 0 Å². The van der Waals surface area contributed by atoms with Crippen LogP contribution in [-0.4, -0.2) is 41.2 Å². The SMILES string of the molecule is C/C(=N/C(=O)OC(C)(C)C)NCCCCC(N)C(=O)O. The fourth-order valence-electron chi connectivity index (χ4n) is 1.34. The van der Waals surface area contributed by atoms with Gasteiger partial charge in [0.05, 0.1) is 0 Å². The third kappa shape index (κ3) is 10.3. The molecular weight excluding hydrogens is 262 g/mol. The number of ether oxygens (including phenoxy) is 1. The molecule has 0 aromatic carbocycles. The zero-order valence-corrected chi connectivity index (χ0v) is 12.6. The molecule has 1 unspecified atom stereocenters. The predicted octanol–water partition coefficient (Wildman–Crippen LogP) is 1.51. The van der Waals surface area contributed by atoms with Gasteiger partial charge in [-0.2, -0.15) is 4.99 Å². The third-order valence-corrected chi connectivity index (χ3v) is 2.29. The van der Waals surface area contributed by atoms with E-state index in [9.17, 15) is 9.59 Å². The van der Waals surface area contributed by atoms with Crippen LogP contribution in [0, 0.1) is 0 Å². The van der Waals surface area contributed by atoms with Crippen molar-refractivity contribution in [3.05, 3.63) is 0 Å². The van der Waals surface area contributed by atoms with E-state index in [4.69, 9.17) is 15.6 Å². The number of aliphatic imine (C=N–C) groups is 1. The average molecular weight is 287 g/mol. The van der Waals surface area contributed by atoms with Crippen LogP contribution >= 0.6 is 0 Å². The van der Waals surface area contributed by atoms with E-state index in [0.717, 1.165) is 6.42 Å². The molecule has 7 heteroatoms. The number of rotatable bonds is 6. The predicted molar refractivity (Wildman–Crippen MR) is 76.8 cm³/mol. The first-order valence-electron chi connectivity index (χ1n) is 6.62. The molecule has 0 radical (unpaired) electrons. The minimum atomic E-state index is -0.986. The molecule has 1 atom stereocenters. The van der Waals surface area contributed by atoms with E-state index in [-0.39, 0.29) is 0 Å². The molecule has 0 saturated carbocycles. The number of carboxylic acids is 1. The van der Waals surface area contributed by atoms with E-state index >= 15 is 0 Å². The second kappa shape index (κ2) is 8.52. The summed E-state index contributed by atoms with van der Waals surface area (Å²) in [6, 6.07) is -0.813. The topological polar surface area (TPSA) is 114 Å². The standard InChI is InChI=1S/C13H25N3O4/c1-9(16-12(19)20-13(2,3)4)15-8-6-5-7-10(14)11(17)18/h10H,5-8,14H2,1-4H3,(H,17,18)(H,15,16,19). The number of hydrogen-bond acceptors (Lipinski definition) is 4. The first kappa shape index (κ1) is 18.4. The van der Waals surface area contributed by atoms with Crippen LogP contribution < -0.4 is 11.1 Å². The Hall–Kier alpha value is -1.63. The summed E-state index contributed by atoms with van der Waals surface area (Å²) in [4.78, 5) is 25.6. The number of unbranched alkanes of at least 4 members (excludes halogenated alkanes) is 1. The second-order valence-corrected chi connectivity index (χ2v) is 5.54. The fourth-order valence-corrected chi connectivity index (χ4v) is 1.34. The number of nitrogens with two attached hydrogens (primary N) is 1. The summed E-state index contributed by atoms with van der Waals surface area (Å²) in [6.07, 6.45) is 1.25. The molecule has 4 N–H and O–H groups in total.